The molecule has 0 bridgehead atoms. The van der Waals surface area contributed by atoms with E-state index < -0.39 is 17.9 Å². The highest BCUT2D eigenvalue weighted by molar-refractivity contribution is 9.10. The first-order valence-corrected chi connectivity index (χ1v) is 7.51. The number of nitrogens with one attached hydrogen (secondary N) is 1. The molecule has 1 aromatic heterocycles. The van der Waals surface area contributed by atoms with E-state index in [1.165, 1.54) is 6.39 Å². The number of halogens is 1. The molecule has 22 heavy (non-hydrogen) atoms. The number of hydrogen-bond acceptors (Lipinski definition) is 4. The molecule has 0 aliphatic rings. The average molecular weight is 367 g/mol. The lowest BCUT2D eigenvalue weighted by Gasteiger charge is -2.17. The first-order chi connectivity index (χ1) is 10.5. The molecule has 1 heterocycles. The average Bonchev–Trinajstić information content (AvgIpc) is 2.94. The van der Waals surface area contributed by atoms with E-state index >= 15 is 0 Å². The van der Waals surface area contributed by atoms with E-state index in [2.05, 4.69) is 26.2 Å². The van der Waals surface area contributed by atoms with Crippen LogP contribution in [0.25, 0.3) is 0 Å². The van der Waals surface area contributed by atoms with Crippen LogP contribution >= 0.6 is 15.9 Å². The monoisotopic (exact) mass is 366 g/mol. The second-order valence-corrected chi connectivity index (χ2v) is 5.57. The Morgan fingerprint density at radius 1 is 1.45 bits per heavy atom. The van der Waals surface area contributed by atoms with Crippen molar-refractivity contribution in [1.82, 2.24) is 10.3 Å². The number of aromatic nitrogens is 1. The highest BCUT2D eigenvalue weighted by Crippen LogP contribution is 2.22. The third kappa shape index (κ3) is 3.94. The number of rotatable bonds is 6. The van der Waals surface area contributed by atoms with Crippen molar-refractivity contribution in [2.45, 2.75) is 25.8 Å². The summed E-state index contributed by atoms with van der Waals surface area (Å²) in [6.45, 7) is 1.85. The summed E-state index contributed by atoms with van der Waals surface area (Å²) in [7, 11) is 0. The zero-order valence-electron chi connectivity index (χ0n) is 11.9. The van der Waals surface area contributed by atoms with E-state index in [0.29, 0.717) is 17.7 Å². The van der Waals surface area contributed by atoms with E-state index in [-0.39, 0.29) is 12.1 Å². The fourth-order valence-corrected chi connectivity index (χ4v) is 2.50. The number of carbonyl (C=O) groups excluding carboxylic acids is 1. The van der Waals surface area contributed by atoms with Crippen LogP contribution in [-0.4, -0.2) is 22.0 Å². The number of hydrogen-bond donors (Lipinski definition) is 2. The molecule has 0 saturated carbocycles. The lowest BCUT2D eigenvalue weighted by atomic mass is 10.0. The molecule has 6 nitrogen and oxygen atoms in total. The summed E-state index contributed by atoms with van der Waals surface area (Å²) < 4.78 is 5.94. The molecule has 0 radical (unpaired) electrons. The van der Waals surface area contributed by atoms with E-state index in [1.807, 2.05) is 13.0 Å². The predicted octanol–water partition coefficient (Wildman–Crippen LogP) is 2.95. The molecule has 116 valence electrons. The van der Waals surface area contributed by atoms with Crippen molar-refractivity contribution < 1.29 is 19.1 Å². The summed E-state index contributed by atoms with van der Waals surface area (Å²) in [6.07, 6.45) is 1.52. The zero-order valence-corrected chi connectivity index (χ0v) is 13.5. The van der Waals surface area contributed by atoms with Crippen LogP contribution in [0.15, 0.2) is 39.5 Å². The van der Waals surface area contributed by atoms with Gasteiger partial charge in [0, 0.05) is 10.9 Å². The fourth-order valence-electron chi connectivity index (χ4n) is 2.08. The third-order valence-corrected chi connectivity index (χ3v) is 3.61. The van der Waals surface area contributed by atoms with E-state index in [0.717, 1.165) is 4.47 Å². The number of carbonyl (C=O) groups is 2. The smallest absolute Gasteiger partial charge is 0.305 e. The van der Waals surface area contributed by atoms with Gasteiger partial charge in [-0.2, -0.15) is 0 Å². The van der Waals surface area contributed by atoms with Gasteiger partial charge in [0.2, 0.25) is 0 Å². The summed E-state index contributed by atoms with van der Waals surface area (Å²) in [5, 5.41) is 11.8. The minimum absolute atomic E-state index is 0.188. The maximum atomic E-state index is 12.3. The van der Waals surface area contributed by atoms with E-state index in [9.17, 15) is 9.59 Å². The molecule has 0 spiro atoms. The molecule has 2 rings (SSSR count). The number of carboxylic acids is 1. The van der Waals surface area contributed by atoms with Crippen LogP contribution in [0.4, 0.5) is 0 Å². The van der Waals surface area contributed by atoms with Crippen molar-refractivity contribution in [3.05, 3.63) is 52.1 Å². The Labute approximate surface area is 135 Å². The summed E-state index contributed by atoms with van der Waals surface area (Å²) >= 11 is 3.34. The zero-order chi connectivity index (χ0) is 16.1. The first-order valence-electron chi connectivity index (χ1n) is 6.71. The molecule has 1 atom stereocenters. The molecule has 1 aromatic carbocycles. The fraction of sp³-hybridized carbons (Fsp3) is 0.267. The largest absolute Gasteiger partial charge is 0.481 e. The van der Waals surface area contributed by atoms with Gasteiger partial charge in [-0.05, 0) is 17.7 Å². The molecule has 0 fully saturated rings. The van der Waals surface area contributed by atoms with Crippen LogP contribution in [0.5, 0.6) is 0 Å². The van der Waals surface area contributed by atoms with Gasteiger partial charge in [0.1, 0.15) is 5.76 Å². The molecule has 0 aliphatic heterocycles. The number of aliphatic carboxylic acids is 1. The molecule has 2 aromatic rings. The standard InChI is InChI=1S/C15H15BrN2O4/c1-2-12-14(17-8-22-12)15(21)18-11(7-13(19)20)9-4-3-5-10(16)6-9/h3-6,8,11H,2,7H2,1H3,(H,18,21)(H,19,20). The van der Waals surface area contributed by atoms with Crippen molar-refractivity contribution in [1.29, 1.82) is 0 Å². The van der Waals surface area contributed by atoms with Crippen LogP contribution < -0.4 is 5.32 Å². The van der Waals surface area contributed by atoms with Gasteiger partial charge >= 0.3 is 5.97 Å². The normalized spacial score (nSPS) is 11.9. The Kier molecular flexibility index (Phi) is 5.32. The van der Waals surface area contributed by atoms with Gasteiger partial charge in [-0.1, -0.05) is 35.0 Å². The molecule has 1 amide bonds. The molecular weight excluding hydrogens is 352 g/mol. The Morgan fingerprint density at radius 2 is 2.23 bits per heavy atom. The van der Waals surface area contributed by atoms with Crippen molar-refractivity contribution >= 4 is 27.8 Å². The maximum absolute atomic E-state index is 12.3. The lowest BCUT2D eigenvalue weighted by molar-refractivity contribution is -0.137. The van der Waals surface area contributed by atoms with Gasteiger partial charge in [-0.15, -0.1) is 0 Å². The number of nitrogens with zero attached hydrogens (tertiary/aromatic N) is 1. The minimum Gasteiger partial charge on any atom is -0.481 e. The third-order valence-electron chi connectivity index (χ3n) is 3.11. The number of amides is 1. The van der Waals surface area contributed by atoms with Gasteiger partial charge < -0.3 is 14.8 Å². The second kappa shape index (κ2) is 7.22. The van der Waals surface area contributed by atoms with Crippen molar-refractivity contribution in [2.24, 2.45) is 0 Å². The minimum atomic E-state index is -0.999. The van der Waals surface area contributed by atoms with Crippen LogP contribution in [-0.2, 0) is 11.2 Å². The van der Waals surface area contributed by atoms with Crippen LogP contribution in [0.2, 0.25) is 0 Å². The SMILES string of the molecule is CCc1ocnc1C(=O)NC(CC(=O)O)c1cccc(Br)c1. The van der Waals surface area contributed by atoms with E-state index in [4.69, 9.17) is 9.52 Å². The predicted molar refractivity (Wildman–Crippen MR) is 82.5 cm³/mol. The molecular formula is C15H15BrN2O4. The second-order valence-electron chi connectivity index (χ2n) is 4.66. The Morgan fingerprint density at radius 3 is 2.86 bits per heavy atom. The number of aryl methyl sites for hydroxylation is 1. The maximum Gasteiger partial charge on any atom is 0.305 e. The molecule has 0 saturated heterocycles. The van der Waals surface area contributed by atoms with Crippen molar-refractivity contribution in [3.8, 4) is 0 Å². The van der Waals surface area contributed by atoms with Crippen molar-refractivity contribution in [3.63, 3.8) is 0 Å². The Bertz CT molecular complexity index is 684. The first kappa shape index (κ1) is 16.2. The van der Waals surface area contributed by atoms with Crippen LogP contribution in [0.1, 0.15) is 41.2 Å². The molecule has 7 heteroatoms. The molecule has 2 N–H and O–H groups in total. The van der Waals surface area contributed by atoms with Gasteiger partial charge in [0.05, 0.1) is 12.5 Å². The number of benzene rings is 1. The summed E-state index contributed by atoms with van der Waals surface area (Å²) in [5.41, 5.74) is 0.888. The van der Waals surface area contributed by atoms with Gasteiger partial charge in [-0.3, -0.25) is 9.59 Å². The van der Waals surface area contributed by atoms with Gasteiger partial charge in [0.15, 0.2) is 12.1 Å². The Balaban J connectivity index is 2.23. The highest BCUT2D eigenvalue weighted by Gasteiger charge is 2.22. The van der Waals surface area contributed by atoms with Gasteiger partial charge in [-0.25, -0.2) is 4.98 Å². The Hall–Kier alpha value is -2.15. The molecule has 1 unspecified atom stereocenters. The number of oxazole rings is 1. The summed E-state index contributed by atoms with van der Waals surface area (Å²) in [6, 6.07) is 6.51. The van der Waals surface area contributed by atoms with Gasteiger partial charge in [0.25, 0.3) is 5.91 Å². The quantitative estimate of drug-likeness (QED) is 0.819. The summed E-state index contributed by atoms with van der Waals surface area (Å²) in [5.74, 6) is -0.973. The number of carboxylic acid groups (broad SMARTS) is 1. The van der Waals surface area contributed by atoms with Crippen LogP contribution in [0.3, 0.4) is 0 Å². The topological polar surface area (TPSA) is 92.4 Å². The molecule has 0 aliphatic carbocycles. The van der Waals surface area contributed by atoms with Crippen molar-refractivity contribution in [2.75, 3.05) is 0 Å². The lowest BCUT2D eigenvalue weighted by Crippen LogP contribution is -2.31. The van der Waals surface area contributed by atoms with Crippen LogP contribution in [0, 0.1) is 0 Å². The van der Waals surface area contributed by atoms with E-state index in [1.54, 1.807) is 18.2 Å². The highest BCUT2D eigenvalue weighted by atomic mass is 79.9. The summed E-state index contributed by atoms with van der Waals surface area (Å²) in [4.78, 5) is 27.3.